The first-order chi connectivity index (χ1) is 13.1. The van der Waals surface area contributed by atoms with E-state index in [0.29, 0.717) is 6.54 Å². The summed E-state index contributed by atoms with van der Waals surface area (Å²) >= 11 is 0. The van der Waals surface area contributed by atoms with E-state index in [0.717, 1.165) is 23.4 Å². The fourth-order valence-corrected chi connectivity index (χ4v) is 3.00. The molecule has 3 rings (SSSR count). The quantitative estimate of drug-likeness (QED) is 0.632. The third-order valence-corrected chi connectivity index (χ3v) is 4.66. The molecule has 2 aromatic carbocycles. The zero-order valence-electron chi connectivity index (χ0n) is 15.5. The summed E-state index contributed by atoms with van der Waals surface area (Å²) < 4.78 is 5.13. The summed E-state index contributed by atoms with van der Waals surface area (Å²) in [6.07, 6.45) is 2.77. The van der Waals surface area contributed by atoms with Crippen LogP contribution in [-0.4, -0.2) is 31.7 Å². The molecule has 1 atom stereocenters. The number of benzene rings is 2. The van der Waals surface area contributed by atoms with E-state index in [4.69, 9.17) is 4.74 Å². The van der Waals surface area contributed by atoms with E-state index in [1.165, 1.54) is 5.56 Å². The van der Waals surface area contributed by atoms with Crippen LogP contribution in [0.3, 0.4) is 0 Å². The van der Waals surface area contributed by atoms with Crippen LogP contribution in [0.2, 0.25) is 0 Å². The van der Waals surface area contributed by atoms with E-state index in [1.807, 2.05) is 36.4 Å². The van der Waals surface area contributed by atoms with E-state index in [-0.39, 0.29) is 18.2 Å². The van der Waals surface area contributed by atoms with Gasteiger partial charge in [-0.1, -0.05) is 31.2 Å². The Balaban J connectivity index is 1.57. The van der Waals surface area contributed by atoms with Gasteiger partial charge < -0.3 is 9.64 Å². The number of carbonyl (C=O) groups excluding carboxylic acids is 2. The van der Waals surface area contributed by atoms with E-state index in [2.05, 4.69) is 17.5 Å². The maximum Gasteiger partial charge on any atom is 0.245 e. The van der Waals surface area contributed by atoms with Crippen molar-refractivity contribution in [2.75, 3.05) is 18.6 Å². The van der Waals surface area contributed by atoms with Gasteiger partial charge in [-0.3, -0.25) is 9.59 Å². The number of hydrazone groups is 1. The largest absolute Gasteiger partial charge is 0.497 e. The van der Waals surface area contributed by atoms with E-state index >= 15 is 0 Å². The molecule has 0 bridgehead atoms. The summed E-state index contributed by atoms with van der Waals surface area (Å²) in [7, 11) is 1.59. The van der Waals surface area contributed by atoms with Crippen molar-refractivity contribution in [1.29, 1.82) is 0 Å². The minimum Gasteiger partial charge on any atom is -0.497 e. The second-order valence-electron chi connectivity index (χ2n) is 6.43. The summed E-state index contributed by atoms with van der Waals surface area (Å²) in [5.41, 5.74) is 5.47. The van der Waals surface area contributed by atoms with Crippen LogP contribution in [0.15, 0.2) is 53.6 Å². The molecule has 1 unspecified atom stereocenters. The fourth-order valence-electron chi connectivity index (χ4n) is 3.00. The number of amides is 2. The van der Waals surface area contributed by atoms with Crippen molar-refractivity contribution < 1.29 is 14.3 Å². The molecule has 1 aliphatic heterocycles. The summed E-state index contributed by atoms with van der Waals surface area (Å²) in [6, 6.07) is 15.2. The average Bonchev–Trinajstić information content (AvgIpc) is 3.10. The van der Waals surface area contributed by atoms with Crippen molar-refractivity contribution in [3.05, 3.63) is 59.7 Å². The lowest BCUT2D eigenvalue weighted by Crippen LogP contribution is -2.30. The third-order valence-electron chi connectivity index (χ3n) is 4.66. The first-order valence-electron chi connectivity index (χ1n) is 8.97. The topological polar surface area (TPSA) is 71.0 Å². The van der Waals surface area contributed by atoms with Crippen molar-refractivity contribution >= 4 is 23.7 Å². The number of hydrogen-bond acceptors (Lipinski definition) is 4. The predicted molar refractivity (Wildman–Crippen MR) is 105 cm³/mol. The summed E-state index contributed by atoms with van der Waals surface area (Å²) in [5, 5.41) is 4.02. The third kappa shape index (κ3) is 4.53. The molecule has 6 heteroatoms. The highest BCUT2D eigenvalue weighted by atomic mass is 16.5. The molecule has 0 aromatic heterocycles. The lowest BCUT2D eigenvalue weighted by atomic mass is 10.1. The van der Waals surface area contributed by atoms with Gasteiger partial charge in [0.2, 0.25) is 11.8 Å². The van der Waals surface area contributed by atoms with Crippen LogP contribution < -0.4 is 15.1 Å². The maximum atomic E-state index is 12.3. The molecule has 0 radical (unpaired) electrons. The number of nitrogens with zero attached hydrogens (tertiary/aromatic N) is 2. The predicted octanol–water partition coefficient (Wildman–Crippen LogP) is 2.76. The van der Waals surface area contributed by atoms with E-state index in [1.54, 1.807) is 30.4 Å². The molecule has 2 aromatic rings. The fraction of sp³-hybridized carbons (Fsp3) is 0.286. The van der Waals surface area contributed by atoms with Crippen molar-refractivity contribution in [3.63, 3.8) is 0 Å². The van der Waals surface area contributed by atoms with Gasteiger partial charge in [-0.15, -0.1) is 0 Å². The van der Waals surface area contributed by atoms with Crippen LogP contribution in [0.5, 0.6) is 5.75 Å². The van der Waals surface area contributed by atoms with Crippen molar-refractivity contribution in [3.8, 4) is 5.75 Å². The van der Waals surface area contributed by atoms with Crippen LogP contribution in [0.1, 0.15) is 24.5 Å². The molecular formula is C21H23N3O3. The zero-order chi connectivity index (χ0) is 19.2. The minimum absolute atomic E-state index is 0.0700. The molecule has 0 spiro atoms. The number of aryl methyl sites for hydroxylation is 1. The van der Waals surface area contributed by atoms with Gasteiger partial charge in [0, 0.05) is 18.7 Å². The Bertz CT molecular complexity index is 829. The highest BCUT2D eigenvalue weighted by molar-refractivity contribution is 6.00. The summed E-state index contributed by atoms with van der Waals surface area (Å²) in [5.74, 6) is -0.0135. The normalized spacial score (nSPS) is 16.7. The van der Waals surface area contributed by atoms with Crippen LogP contribution in [-0.2, 0) is 16.0 Å². The van der Waals surface area contributed by atoms with Crippen LogP contribution >= 0.6 is 0 Å². The molecule has 1 heterocycles. The number of ether oxygens (including phenoxy) is 1. The first kappa shape index (κ1) is 18.6. The maximum absolute atomic E-state index is 12.3. The van der Waals surface area contributed by atoms with Crippen LogP contribution in [0.25, 0.3) is 0 Å². The van der Waals surface area contributed by atoms with Gasteiger partial charge >= 0.3 is 0 Å². The Labute approximate surface area is 158 Å². The number of hydrogen-bond donors (Lipinski definition) is 1. The van der Waals surface area contributed by atoms with Gasteiger partial charge in [-0.25, -0.2) is 5.43 Å². The molecule has 140 valence electrons. The minimum atomic E-state index is -0.417. The number of nitrogens with one attached hydrogen (secondary N) is 1. The Morgan fingerprint density at radius 1 is 1.22 bits per heavy atom. The zero-order valence-corrected chi connectivity index (χ0v) is 15.5. The highest BCUT2D eigenvalue weighted by Gasteiger charge is 2.35. The summed E-state index contributed by atoms with van der Waals surface area (Å²) in [6.45, 7) is 2.44. The number of anilines is 1. The lowest BCUT2D eigenvalue weighted by molar-refractivity contribution is -0.126. The SMILES string of the molecule is CCc1ccc(C=NNC(=O)C2CC(=O)N(c3ccc(OC)cc3)C2)cc1. The summed E-state index contributed by atoms with van der Waals surface area (Å²) in [4.78, 5) is 26.2. The molecule has 2 amide bonds. The molecule has 0 aliphatic carbocycles. The van der Waals surface area contributed by atoms with Crippen LogP contribution in [0, 0.1) is 5.92 Å². The Morgan fingerprint density at radius 2 is 1.93 bits per heavy atom. The van der Waals surface area contributed by atoms with Gasteiger partial charge in [0.05, 0.1) is 19.2 Å². The van der Waals surface area contributed by atoms with Gasteiger partial charge in [0.1, 0.15) is 5.75 Å². The van der Waals surface area contributed by atoms with E-state index < -0.39 is 5.92 Å². The molecule has 6 nitrogen and oxygen atoms in total. The van der Waals surface area contributed by atoms with Gasteiger partial charge in [-0.2, -0.15) is 5.10 Å². The second-order valence-corrected chi connectivity index (χ2v) is 6.43. The lowest BCUT2D eigenvalue weighted by Gasteiger charge is -2.16. The molecule has 1 N–H and O–H groups in total. The van der Waals surface area contributed by atoms with Crippen molar-refractivity contribution in [2.24, 2.45) is 11.0 Å². The molecule has 1 fully saturated rings. The number of methoxy groups -OCH3 is 1. The number of rotatable bonds is 6. The standard InChI is InChI=1S/C21H23N3O3/c1-3-15-4-6-16(7-5-15)13-22-23-21(26)17-12-20(25)24(14-17)18-8-10-19(27-2)11-9-18/h4-11,13,17H,3,12,14H2,1-2H3,(H,23,26). The van der Waals surface area contributed by atoms with E-state index in [9.17, 15) is 9.59 Å². The average molecular weight is 365 g/mol. The van der Waals surface area contributed by atoms with Crippen molar-refractivity contribution in [2.45, 2.75) is 19.8 Å². The highest BCUT2D eigenvalue weighted by Crippen LogP contribution is 2.26. The second kappa shape index (κ2) is 8.49. The molecule has 1 aliphatic rings. The van der Waals surface area contributed by atoms with Crippen LogP contribution in [0.4, 0.5) is 5.69 Å². The molecule has 0 saturated carbocycles. The monoisotopic (exact) mass is 365 g/mol. The molecule has 27 heavy (non-hydrogen) atoms. The van der Waals surface area contributed by atoms with Crippen molar-refractivity contribution in [1.82, 2.24) is 5.43 Å². The van der Waals surface area contributed by atoms with Gasteiger partial charge in [0.25, 0.3) is 0 Å². The molecular weight excluding hydrogens is 342 g/mol. The molecule has 1 saturated heterocycles. The Hall–Kier alpha value is -3.15. The van der Waals surface area contributed by atoms with Gasteiger partial charge in [0.15, 0.2) is 0 Å². The Morgan fingerprint density at radius 3 is 2.56 bits per heavy atom. The van der Waals surface area contributed by atoms with Gasteiger partial charge in [-0.05, 0) is 41.8 Å². The number of carbonyl (C=O) groups is 2. The first-order valence-corrected chi connectivity index (χ1v) is 8.97. The Kier molecular flexibility index (Phi) is 5.86. The smallest absolute Gasteiger partial charge is 0.245 e.